The molecule has 9 heteroatoms. The number of aliphatic hydroxyl groups excluding tert-OH is 1. The summed E-state index contributed by atoms with van der Waals surface area (Å²) in [5.74, 6) is 1.89. The monoisotopic (exact) mass is 569 g/mol. The summed E-state index contributed by atoms with van der Waals surface area (Å²) in [4.78, 5) is 15.1. The zero-order valence-electron chi connectivity index (χ0n) is 26.3. The molecule has 2 atom stereocenters. The number of nitrogens with zero attached hydrogens (tertiary/aromatic N) is 2. The molecule has 0 radical (unpaired) electrons. The largest absolute Gasteiger partial charge is 0.493 e. The molecule has 0 aromatic heterocycles. The highest BCUT2D eigenvalue weighted by atomic mass is 16.5. The highest BCUT2D eigenvalue weighted by Crippen LogP contribution is 2.40. The number of carbonyl (C=O) groups is 1. The Balaban J connectivity index is 2.24. The molecular formula is C32H47N3O6. The summed E-state index contributed by atoms with van der Waals surface area (Å²) in [5, 5.41) is 24.6. The Bertz CT molecular complexity index is 1220. The Hall–Kier alpha value is -3.48. The van der Waals surface area contributed by atoms with Crippen molar-refractivity contribution in [2.75, 3.05) is 48.6 Å². The smallest absolute Gasteiger partial charge is 0.252 e. The predicted molar refractivity (Wildman–Crippen MR) is 160 cm³/mol. The van der Waals surface area contributed by atoms with Crippen LogP contribution in [0.4, 0.5) is 0 Å². The maximum Gasteiger partial charge on any atom is 0.252 e. The van der Waals surface area contributed by atoms with Crippen molar-refractivity contribution in [3.05, 3.63) is 47.0 Å². The second-order valence-electron chi connectivity index (χ2n) is 11.7. The Kier molecular flexibility index (Phi) is 11.9. The van der Waals surface area contributed by atoms with E-state index in [4.69, 9.17) is 18.9 Å². The van der Waals surface area contributed by atoms with Crippen LogP contribution in [-0.4, -0.2) is 76.1 Å². The van der Waals surface area contributed by atoms with Crippen LogP contribution in [0.5, 0.6) is 23.0 Å². The summed E-state index contributed by atoms with van der Waals surface area (Å²) in [6.45, 7) is 10.7. The lowest BCUT2D eigenvalue weighted by Gasteiger charge is -2.34. The first-order valence-electron chi connectivity index (χ1n) is 13.8. The van der Waals surface area contributed by atoms with Crippen LogP contribution >= 0.6 is 0 Å². The van der Waals surface area contributed by atoms with Crippen LogP contribution in [0, 0.1) is 17.2 Å². The third-order valence-electron chi connectivity index (χ3n) is 7.27. The van der Waals surface area contributed by atoms with Gasteiger partial charge in [-0.2, -0.15) is 5.26 Å². The van der Waals surface area contributed by atoms with Crippen LogP contribution in [0.2, 0.25) is 0 Å². The lowest BCUT2D eigenvalue weighted by atomic mass is 9.69. The fourth-order valence-electron chi connectivity index (χ4n) is 4.99. The van der Waals surface area contributed by atoms with Crippen molar-refractivity contribution in [1.82, 2.24) is 10.2 Å². The van der Waals surface area contributed by atoms with Gasteiger partial charge in [0, 0.05) is 24.2 Å². The molecule has 226 valence electrons. The zero-order valence-corrected chi connectivity index (χ0v) is 26.3. The fraction of sp³-hybridized carbons (Fsp3) is 0.562. The predicted octanol–water partition coefficient (Wildman–Crippen LogP) is 4.59. The summed E-state index contributed by atoms with van der Waals surface area (Å²) in [7, 11) is 8.15. The molecule has 0 spiro atoms. The van der Waals surface area contributed by atoms with Crippen molar-refractivity contribution < 1.29 is 28.8 Å². The van der Waals surface area contributed by atoms with Gasteiger partial charge in [-0.15, -0.1) is 0 Å². The number of amides is 1. The average molecular weight is 570 g/mol. The molecule has 0 aliphatic rings. The molecule has 0 aliphatic carbocycles. The number of nitrogens with one attached hydrogen (secondary N) is 1. The number of carbonyl (C=O) groups excluding carboxylic acids is 1. The molecule has 2 aromatic carbocycles. The molecule has 0 bridgehead atoms. The van der Waals surface area contributed by atoms with E-state index in [1.54, 1.807) is 40.6 Å². The van der Waals surface area contributed by atoms with Gasteiger partial charge in [0.1, 0.15) is 0 Å². The van der Waals surface area contributed by atoms with Crippen molar-refractivity contribution in [3.8, 4) is 29.1 Å². The first kappa shape index (κ1) is 33.7. The molecule has 0 heterocycles. The number of benzene rings is 2. The van der Waals surface area contributed by atoms with Gasteiger partial charge in [0.2, 0.25) is 0 Å². The normalized spacial score (nSPS) is 13.8. The van der Waals surface area contributed by atoms with E-state index >= 15 is 0 Å². The molecular weight excluding hydrogens is 522 g/mol. The van der Waals surface area contributed by atoms with Crippen molar-refractivity contribution in [2.24, 2.45) is 5.92 Å². The maximum absolute atomic E-state index is 13.1. The van der Waals surface area contributed by atoms with Crippen molar-refractivity contribution in [2.45, 2.75) is 64.5 Å². The van der Waals surface area contributed by atoms with Crippen LogP contribution in [0.15, 0.2) is 30.3 Å². The van der Waals surface area contributed by atoms with Gasteiger partial charge < -0.3 is 34.3 Å². The molecule has 2 aromatic rings. The van der Waals surface area contributed by atoms with Crippen LogP contribution in [0.25, 0.3) is 0 Å². The second-order valence-corrected chi connectivity index (χ2v) is 11.7. The van der Waals surface area contributed by atoms with E-state index < -0.39 is 17.1 Å². The van der Waals surface area contributed by atoms with Gasteiger partial charge in [-0.3, -0.25) is 4.79 Å². The Morgan fingerprint density at radius 2 is 1.54 bits per heavy atom. The van der Waals surface area contributed by atoms with Gasteiger partial charge >= 0.3 is 0 Å². The highest BCUT2D eigenvalue weighted by molar-refractivity contribution is 5.97. The quantitative estimate of drug-likeness (QED) is 0.340. The SMILES string of the molecule is COc1ccc(C(C#N)(CC(O)CN(C)CCc2cc(OC)c(OC)cc2C(=O)NC(C)(C)C)C(C)C)cc1OC. The minimum absolute atomic E-state index is 0.0683. The topological polar surface area (TPSA) is 113 Å². The fourth-order valence-corrected chi connectivity index (χ4v) is 4.99. The van der Waals surface area contributed by atoms with E-state index in [1.165, 1.54) is 0 Å². The molecule has 0 aliphatic heterocycles. The second kappa shape index (κ2) is 14.4. The molecule has 2 rings (SSSR count). The van der Waals surface area contributed by atoms with Gasteiger partial charge in [-0.05, 0) is 82.0 Å². The first-order valence-corrected chi connectivity index (χ1v) is 13.8. The van der Waals surface area contributed by atoms with E-state index in [0.29, 0.717) is 48.1 Å². The van der Waals surface area contributed by atoms with Crippen LogP contribution < -0.4 is 24.3 Å². The maximum atomic E-state index is 13.1. The highest BCUT2D eigenvalue weighted by Gasteiger charge is 2.39. The van der Waals surface area contributed by atoms with Crippen LogP contribution in [-0.2, 0) is 11.8 Å². The average Bonchev–Trinajstić information content (AvgIpc) is 2.92. The lowest BCUT2D eigenvalue weighted by molar-refractivity contribution is 0.0908. The molecule has 0 saturated carbocycles. The summed E-state index contributed by atoms with van der Waals surface area (Å²) in [6, 6.07) is 11.5. The van der Waals surface area contributed by atoms with Gasteiger partial charge in [0.05, 0.1) is 46.0 Å². The van der Waals surface area contributed by atoms with E-state index in [2.05, 4.69) is 11.4 Å². The third-order valence-corrected chi connectivity index (χ3v) is 7.27. The van der Waals surface area contributed by atoms with Crippen molar-refractivity contribution >= 4 is 5.91 Å². The summed E-state index contributed by atoms with van der Waals surface area (Å²) >= 11 is 0. The minimum atomic E-state index is -0.929. The molecule has 41 heavy (non-hydrogen) atoms. The van der Waals surface area contributed by atoms with E-state index in [1.807, 2.05) is 64.8 Å². The number of hydrogen-bond donors (Lipinski definition) is 2. The number of hydrogen-bond acceptors (Lipinski definition) is 8. The van der Waals surface area contributed by atoms with Crippen molar-refractivity contribution in [1.29, 1.82) is 5.26 Å². The number of nitriles is 1. The third kappa shape index (κ3) is 8.51. The lowest BCUT2D eigenvalue weighted by Crippen LogP contribution is -2.41. The molecule has 1 amide bonds. The molecule has 2 N–H and O–H groups in total. The number of likely N-dealkylation sites (N-methyl/N-ethyl adjacent to an activating group) is 1. The van der Waals surface area contributed by atoms with E-state index in [9.17, 15) is 15.2 Å². The number of aliphatic hydroxyl groups is 1. The molecule has 9 nitrogen and oxygen atoms in total. The van der Waals surface area contributed by atoms with E-state index in [-0.39, 0.29) is 18.2 Å². The van der Waals surface area contributed by atoms with Gasteiger partial charge in [-0.25, -0.2) is 0 Å². The number of ether oxygens (including phenoxy) is 4. The van der Waals surface area contributed by atoms with E-state index in [0.717, 1.165) is 11.1 Å². The summed E-state index contributed by atoms with van der Waals surface area (Å²) in [6.07, 6.45) is 0.0141. The van der Waals surface area contributed by atoms with Gasteiger partial charge in [-0.1, -0.05) is 19.9 Å². The number of rotatable bonds is 14. The summed E-state index contributed by atoms with van der Waals surface area (Å²) < 4.78 is 21.8. The van der Waals surface area contributed by atoms with Gasteiger partial charge in [0.25, 0.3) is 5.91 Å². The Morgan fingerprint density at radius 3 is 2.05 bits per heavy atom. The Labute approximate surface area is 245 Å². The molecule has 0 fully saturated rings. The van der Waals surface area contributed by atoms with Crippen molar-refractivity contribution in [3.63, 3.8) is 0 Å². The minimum Gasteiger partial charge on any atom is -0.493 e. The van der Waals surface area contributed by atoms with Gasteiger partial charge in [0.15, 0.2) is 23.0 Å². The molecule has 2 unspecified atom stereocenters. The van der Waals surface area contributed by atoms with Crippen LogP contribution in [0.3, 0.4) is 0 Å². The standard InChI is InChI=1S/C32H47N3O6/c1-21(2)32(20-33,23-11-12-26(38-7)28(16-23)40-9)18-24(36)19-35(6)14-13-22-15-27(39-8)29(41-10)17-25(22)30(37)34-31(3,4)5/h11-12,15-17,21,24,36H,13-14,18-19H2,1-10H3,(H,34,37). The Morgan fingerprint density at radius 1 is 0.976 bits per heavy atom. The summed E-state index contributed by atoms with van der Waals surface area (Å²) in [5.41, 5.74) is 0.767. The van der Waals surface area contributed by atoms with Crippen LogP contribution in [0.1, 0.15) is 62.5 Å². The number of methoxy groups -OCH3 is 4. The molecule has 0 saturated heterocycles. The zero-order chi connectivity index (χ0) is 31.0. The first-order chi connectivity index (χ1) is 19.2.